The summed E-state index contributed by atoms with van der Waals surface area (Å²) >= 11 is 0. The normalized spacial score (nSPS) is 13.1. The fraction of sp³-hybridized carbons (Fsp3) is 1.00. The van der Waals surface area contributed by atoms with E-state index in [1.54, 1.807) is 14.2 Å². The van der Waals surface area contributed by atoms with Crippen LogP contribution in [-0.2, 0) is 85.5 Å². The summed E-state index contributed by atoms with van der Waals surface area (Å²) < 4.78 is 123. The summed E-state index contributed by atoms with van der Waals surface area (Å²) in [4.78, 5) is 0. The molecule has 0 aliphatic heterocycles. The van der Waals surface area contributed by atoms with Gasteiger partial charge in [0.25, 0.3) is 0 Å². The van der Waals surface area contributed by atoms with Crippen molar-refractivity contribution >= 4 is 17.6 Å². The van der Waals surface area contributed by atoms with Gasteiger partial charge in [-0.15, -0.1) is 0 Å². The van der Waals surface area contributed by atoms with Crippen LogP contribution in [0.5, 0.6) is 0 Å². The number of nitrogens with zero attached hydrogens (tertiary/aromatic N) is 1. The molecule has 0 spiro atoms. The van der Waals surface area contributed by atoms with Gasteiger partial charge in [-0.2, -0.15) is 0 Å². The summed E-state index contributed by atoms with van der Waals surface area (Å²) in [6, 6.07) is 0. The highest BCUT2D eigenvalue weighted by molar-refractivity contribution is 7.85. The monoisotopic (exact) mass is 860 g/mol. The molecule has 0 aliphatic rings. The molecule has 22 heteroatoms. The molecule has 0 aromatic heterocycles. The van der Waals surface area contributed by atoms with Crippen molar-refractivity contribution in [2.45, 2.75) is 6.42 Å². The summed E-state index contributed by atoms with van der Waals surface area (Å²) in [6.45, 7) is 14.8. The maximum atomic E-state index is 10.5. The summed E-state index contributed by atoms with van der Waals surface area (Å²) in [6.07, 6.45) is 0.178. The van der Waals surface area contributed by atoms with Crippen LogP contribution in [0.25, 0.3) is 0 Å². The first kappa shape index (κ1) is 55.5. The van der Waals surface area contributed by atoms with Crippen molar-refractivity contribution in [3.8, 4) is 0 Å². The summed E-state index contributed by atoms with van der Waals surface area (Å²) in [5.41, 5.74) is 0. The van der Waals surface area contributed by atoms with Crippen LogP contribution >= 0.6 is 7.51 Å². The van der Waals surface area contributed by atoms with Crippen LogP contribution in [0.4, 0.5) is 0 Å². The molecule has 0 aromatic rings. The minimum absolute atomic E-state index is 0.178. The Morgan fingerprint density at radius 2 is 0.607 bits per heavy atom. The number of hydrogen-bond donors (Lipinski definition) is 0. The van der Waals surface area contributed by atoms with Crippen molar-refractivity contribution in [3.05, 3.63) is 0 Å². The van der Waals surface area contributed by atoms with Gasteiger partial charge in [0.2, 0.25) is 7.51 Å². The molecule has 0 aliphatic carbocycles. The standard InChI is InChI=1S/C34H72NO19PS/c1-35-55(3,53-32-30-51-28-26-49-24-22-47-20-18-45-15-14-43-11-10-41-7-6-39-2)54-33-31-52-29-27-50-25-23-48-21-19-46-17-16-44-13-12-42-9-8-40-5-4-34-56(36,37)38/h4-34H2,1-3H3,(H,36,37,38)/p-1. The Kier molecular flexibility index (Phi) is 43.7. The summed E-state index contributed by atoms with van der Waals surface area (Å²) in [5.74, 6) is -0.421. The van der Waals surface area contributed by atoms with Crippen molar-refractivity contribution < 1.29 is 88.3 Å². The molecule has 0 amide bonds. The first-order valence-electron chi connectivity index (χ1n) is 19.0. The molecule has 0 bridgehead atoms. The zero-order valence-electron chi connectivity index (χ0n) is 34.0. The van der Waals surface area contributed by atoms with Gasteiger partial charge in [0.05, 0.1) is 195 Å². The van der Waals surface area contributed by atoms with Crippen LogP contribution in [0, 0.1) is 0 Å². The number of rotatable bonds is 48. The van der Waals surface area contributed by atoms with E-state index >= 15 is 0 Å². The van der Waals surface area contributed by atoms with Crippen LogP contribution in [-0.4, -0.2) is 231 Å². The molecule has 20 nitrogen and oxygen atoms in total. The van der Waals surface area contributed by atoms with Crippen LogP contribution in [0.3, 0.4) is 0 Å². The average molecular weight is 861 g/mol. The lowest BCUT2D eigenvalue weighted by molar-refractivity contribution is -0.0214. The highest BCUT2D eigenvalue weighted by atomic mass is 32.2. The van der Waals surface area contributed by atoms with Gasteiger partial charge in [-0.05, 0) is 6.42 Å². The molecule has 1 unspecified atom stereocenters. The Morgan fingerprint density at radius 3 is 0.821 bits per heavy atom. The molecule has 56 heavy (non-hydrogen) atoms. The van der Waals surface area contributed by atoms with Gasteiger partial charge in [0.1, 0.15) is 0 Å². The molecule has 0 radical (unpaired) electrons. The molecule has 0 fully saturated rings. The molecule has 338 valence electrons. The Balaban J connectivity index is 3.34. The molecular weight excluding hydrogens is 789 g/mol. The van der Waals surface area contributed by atoms with Gasteiger partial charge in [-0.25, -0.2) is 8.42 Å². The second kappa shape index (κ2) is 44.1. The minimum atomic E-state index is -4.18. The van der Waals surface area contributed by atoms with Gasteiger partial charge >= 0.3 is 0 Å². The van der Waals surface area contributed by atoms with E-state index in [0.717, 1.165) is 0 Å². The SMILES string of the molecule is CN=P(C)(OCCOCCOCCOCCOCCOCCOCCOC)OCCOCCOCCOCCOCCOCCOCCOCCCS(=O)(=O)[O-]. The molecule has 0 aromatic carbocycles. The maximum absolute atomic E-state index is 10.5. The van der Waals surface area contributed by atoms with Gasteiger partial charge in [-0.3, -0.25) is 4.74 Å². The Labute approximate surface area is 334 Å². The van der Waals surface area contributed by atoms with E-state index in [9.17, 15) is 13.0 Å². The van der Waals surface area contributed by atoms with Gasteiger partial charge in [0, 0.05) is 33.2 Å². The Hall–Kier alpha value is -0.500. The third-order valence-electron chi connectivity index (χ3n) is 6.69. The molecule has 0 saturated carbocycles. The maximum Gasteiger partial charge on any atom is 0.209 e. The first-order chi connectivity index (χ1) is 27.3. The lowest BCUT2D eigenvalue weighted by Crippen LogP contribution is -2.15. The van der Waals surface area contributed by atoms with Gasteiger partial charge in [0.15, 0.2) is 0 Å². The topological polar surface area (TPSA) is 217 Å². The second-order valence-corrected chi connectivity index (χ2v) is 15.3. The quantitative estimate of drug-likeness (QED) is 0.0476. The van der Waals surface area contributed by atoms with Crippen molar-refractivity contribution in [2.24, 2.45) is 4.74 Å². The fourth-order valence-corrected chi connectivity index (χ4v) is 5.39. The van der Waals surface area contributed by atoms with E-state index in [1.165, 1.54) is 0 Å². The summed E-state index contributed by atoms with van der Waals surface area (Å²) in [7, 11) is -3.22. The van der Waals surface area contributed by atoms with E-state index < -0.39 is 23.4 Å². The molecule has 0 saturated heterocycles. The van der Waals surface area contributed by atoms with Crippen LogP contribution in [0.2, 0.25) is 0 Å². The van der Waals surface area contributed by atoms with Crippen molar-refractivity contribution in [1.29, 1.82) is 0 Å². The number of hydrogen-bond acceptors (Lipinski definition) is 20. The molecule has 0 N–H and O–H groups in total. The third kappa shape index (κ3) is 46.2. The van der Waals surface area contributed by atoms with E-state index in [2.05, 4.69) is 4.74 Å². The lowest BCUT2D eigenvalue weighted by Gasteiger charge is -2.19. The molecular formula is C34H71NO19PS-. The smallest absolute Gasteiger partial charge is 0.209 e. The zero-order valence-corrected chi connectivity index (χ0v) is 35.7. The Bertz CT molecular complexity index is 957. The predicted octanol–water partition coefficient (Wildman–Crippen LogP) is 1.11. The van der Waals surface area contributed by atoms with E-state index in [1.807, 2.05) is 6.66 Å². The lowest BCUT2D eigenvalue weighted by atomic mass is 10.5. The van der Waals surface area contributed by atoms with Gasteiger partial charge in [-0.1, -0.05) is 0 Å². The van der Waals surface area contributed by atoms with Gasteiger partial charge < -0.3 is 79.9 Å². The van der Waals surface area contributed by atoms with Crippen LogP contribution < -0.4 is 0 Å². The first-order valence-corrected chi connectivity index (χ1v) is 22.6. The Morgan fingerprint density at radius 1 is 0.393 bits per heavy atom. The van der Waals surface area contributed by atoms with Crippen LogP contribution in [0.1, 0.15) is 6.42 Å². The summed E-state index contributed by atoms with van der Waals surface area (Å²) in [5, 5.41) is 0. The van der Waals surface area contributed by atoms with E-state index in [0.29, 0.717) is 185 Å². The highest BCUT2D eigenvalue weighted by Crippen LogP contribution is 2.47. The second-order valence-electron chi connectivity index (χ2n) is 11.2. The van der Waals surface area contributed by atoms with Crippen molar-refractivity contribution in [2.75, 3.05) is 218 Å². The third-order valence-corrected chi connectivity index (χ3v) is 9.53. The van der Waals surface area contributed by atoms with Crippen molar-refractivity contribution in [1.82, 2.24) is 0 Å². The largest absolute Gasteiger partial charge is 0.748 e. The highest BCUT2D eigenvalue weighted by Gasteiger charge is 2.13. The molecule has 1 atom stereocenters. The van der Waals surface area contributed by atoms with Crippen molar-refractivity contribution in [3.63, 3.8) is 0 Å². The predicted molar refractivity (Wildman–Crippen MR) is 205 cm³/mol. The minimum Gasteiger partial charge on any atom is -0.748 e. The zero-order chi connectivity index (χ0) is 40.9. The van der Waals surface area contributed by atoms with E-state index in [-0.39, 0.29) is 13.0 Å². The number of methoxy groups -OCH3 is 1. The molecule has 0 heterocycles. The number of ether oxygens (including phenoxy) is 14. The van der Waals surface area contributed by atoms with Crippen LogP contribution in [0.15, 0.2) is 4.74 Å². The fourth-order valence-electron chi connectivity index (χ4n) is 3.79. The molecule has 0 rings (SSSR count). The average Bonchev–Trinajstić information content (AvgIpc) is 3.18. The van der Waals surface area contributed by atoms with E-state index in [4.69, 9.17) is 75.4 Å².